The fourth-order valence-corrected chi connectivity index (χ4v) is 2.36. The number of halogens is 1. The first-order valence-electron chi connectivity index (χ1n) is 7.27. The largest absolute Gasteiger partial charge is 0.395 e. The maximum atomic E-state index is 13.7. The lowest BCUT2D eigenvalue weighted by atomic mass is 10.0. The Morgan fingerprint density at radius 2 is 2.00 bits per heavy atom. The SMILES string of the molecule is CNC(CCN(CCO)C(C)C)c1ccc(C)c(F)c1. The summed E-state index contributed by atoms with van der Waals surface area (Å²) in [4.78, 5) is 2.23. The number of benzene rings is 1. The van der Waals surface area contributed by atoms with Gasteiger partial charge in [-0.15, -0.1) is 0 Å². The van der Waals surface area contributed by atoms with Crippen LogP contribution < -0.4 is 5.32 Å². The van der Waals surface area contributed by atoms with Crippen molar-refractivity contribution in [1.29, 1.82) is 0 Å². The van der Waals surface area contributed by atoms with Crippen molar-refractivity contribution in [2.75, 3.05) is 26.7 Å². The fourth-order valence-electron chi connectivity index (χ4n) is 2.36. The van der Waals surface area contributed by atoms with E-state index in [1.165, 1.54) is 0 Å². The van der Waals surface area contributed by atoms with Gasteiger partial charge in [0.05, 0.1) is 6.61 Å². The summed E-state index contributed by atoms with van der Waals surface area (Å²) in [7, 11) is 1.90. The summed E-state index contributed by atoms with van der Waals surface area (Å²) < 4.78 is 13.7. The van der Waals surface area contributed by atoms with Crippen LogP contribution in [-0.4, -0.2) is 42.8 Å². The third kappa shape index (κ3) is 4.85. The molecule has 0 heterocycles. The number of aliphatic hydroxyl groups is 1. The van der Waals surface area contributed by atoms with Crippen LogP contribution in [0.2, 0.25) is 0 Å². The summed E-state index contributed by atoms with van der Waals surface area (Å²) in [6.07, 6.45) is 0.886. The molecule has 1 aromatic rings. The normalized spacial score (nSPS) is 13.2. The second kappa shape index (κ2) is 8.35. The van der Waals surface area contributed by atoms with E-state index in [1.54, 1.807) is 13.0 Å². The monoisotopic (exact) mass is 282 g/mol. The summed E-state index contributed by atoms with van der Waals surface area (Å²) in [6, 6.07) is 5.94. The van der Waals surface area contributed by atoms with Crippen molar-refractivity contribution < 1.29 is 9.50 Å². The lowest BCUT2D eigenvalue weighted by molar-refractivity contribution is 0.160. The van der Waals surface area contributed by atoms with Crippen LogP contribution in [0.3, 0.4) is 0 Å². The molecule has 0 bridgehead atoms. The molecule has 0 fully saturated rings. The smallest absolute Gasteiger partial charge is 0.126 e. The van der Waals surface area contributed by atoms with Crippen molar-refractivity contribution in [3.63, 3.8) is 0 Å². The van der Waals surface area contributed by atoms with Gasteiger partial charge in [0.1, 0.15) is 5.82 Å². The second-order valence-corrected chi connectivity index (χ2v) is 5.49. The average molecular weight is 282 g/mol. The molecule has 20 heavy (non-hydrogen) atoms. The first kappa shape index (κ1) is 17.1. The molecule has 1 unspecified atom stereocenters. The number of nitrogens with one attached hydrogen (secondary N) is 1. The first-order valence-corrected chi connectivity index (χ1v) is 7.27. The molecule has 0 aliphatic carbocycles. The predicted octanol–water partition coefficient (Wildman–Crippen LogP) is 2.49. The maximum absolute atomic E-state index is 13.7. The minimum Gasteiger partial charge on any atom is -0.395 e. The molecule has 0 amide bonds. The van der Waals surface area contributed by atoms with Gasteiger partial charge in [0.25, 0.3) is 0 Å². The first-order chi connectivity index (χ1) is 9.49. The lowest BCUT2D eigenvalue weighted by Crippen LogP contribution is -2.36. The predicted molar refractivity (Wildman–Crippen MR) is 81.3 cm³/mol. The topological polar surface area (TPSA) is 35.5 Å². The molecule has 3 nitrogen and oxygen atoms in total. The van der Waals surface area contributed by atoms with E-state index >= 15 is 0 Å². The van der Waals surface area contributed by atoms with E-state index in [9.17, 15) is 4.39 Å². The van der Waals surface area contributed by atoms with Gasteiger partial charge in [0.15, 0.2) is 0 Å². The van der Waals surface area contributed by atoms with Crippen molar-refractivity contribution >= 4 is 0 Å². The Morgan fingerprint density at radius 1 is 1.30 bits per heavy atom. The molecule has 0 saturated heterocycles. The van der Waals surface area contributed by atoms with Gasteiger partial charge in [-0.05, 0) is 51.4 Å². The van der Waals surface area contributed by atoms with Crippen LogP contribution in [0.25, 0.3) is 0 Å². The number of aryl methyl sites for hydroxylation is 1. The van der Waals surface area contributed by atoms with Gasteiger partial charge < -0.3 is 10.4 Å². The standard InChI is InChI=1S/C16H27FN2O/c1-12(2)19(9-10-20)8-7-16(18-4)14-6-5-13(3)15(17)11-14/h5-6,11-12,16,18,20H,7-10H2,1-4H3. The molecule has 1 rings (SSSR count). The number of nitrogens with zero attached hydrogens (tertiary/aromatic N) is 1. The maximum Gasteiger partial charge on any atom is 0.126 e. The number of hydrogen-bond acceptors (Lipinski definition) is 3. The van der Waals surface area contributed by atoms with Crippen LogP contribution in [0, 0.1) is 12.7 Å². The summed E-state index contributed by atoms with van der Waals surface area (Å²) in [5.74, 6) is -0.154. The van der Waals surface area contributed by atoms with Crippen molar-refractivity contribution in [3.05, 3.63) is 35.1 Å². The molecule has 0 aromatic heterocycles. The van der Waals surface area contributed by atoms with Crippen LogP contribution in [0.15, 0.2) is 18.2 Å². The van der Waals surface area contributed by atoms with Crippen molar-refractivity contribution in [2.45, 2.75) is 39.3 Å². The van der Waals surface area contributed by atoms with Gasteiger partial charge >= 0.3 is 0 Å². The highest BCUT2D eigenvalue weighted by Gasteiger charge is 2.14. The molecule has 0 saturated carbocycles. The van der Waals surface area contributed by atoms with Crippen LogP contribution >= 0.6 is 0 Å². The highest BCUT2D eigenvalue weighted by molar-refractivity contribution is 5.25. The van der Waals surface area contributed by atoms with Crippen molar-refractivity contribution in [1.82, 2.24) is 10.2 Å². The molecule has 1 aromatic carbocycles. The van der Waals surface area contributed by atoms with Crippen LogP contribution in [0.5, 0.6) is 0 Å². The molecular formula is C16H27FN2O. The lowest BCUT2D eigenvalue weighted by Gasteiger charge is -2.28. The molecule has 0 spiro atoms. The van der Waals surface area contributed by atoms with Gasteiger partial charge in [0.2, 0.25) is 0 Å². The quantitative estimate of drug-likeness (QED) is 0.769. The Balaban J connectivity index is 2.68. The molecule has 0 aliphatic rings. The highest BCUT2D eigenvalue weighted by atomic mass is 19.1. The average Bonchev–Trinajstić information content (AvgIpc) is 2.41. The molecule has 1 atom stereocenters. The Bertz CT molecular complexity index is 409. The highest BCUT2D eigenvalue weighted by Crippen LogP contribution is 2.20. The third-order valence-electron chi connectivity index (χ3n) is 3.77. The van der Waals surface area contributed by atoms with Crippen molar-refractivity contribution in [3.8, 4) is 0 Å². The number of hydrogen-bond donors (Lipinski definition) is 2. The van der Waals surface area contributed by atoms with E-state index in [1.807, 2.05) is 19.2 Å². The molecule has 2 N–H and O–H groups in total. The zero-order chi connectivity index (χ0) is 15.1. The molecule has 114 valence electrons. The van der Waals surface area contributed by atoms with E-state index in [-0.39, 0.29) is 18.5 Å². The minimum absolute atomic E-state index is 0.130. The summed E-state index contributed by atoms with van der Waals surface area (Å²) in [5, 5.41) is 12.3. The van der Waals surface area contributed by atoms with E-state index in [0.717, 1.165) is 18.5 Å². The van der Waals surface area contributed by atoms with Gasteiger partial charge in [-0.2, -0.15) is 0 Å². The Morgan fingerprint density at radius 3 is 2.50 bits per heavy atom. The number of aliphatic hydroxyl groups excluding tert-OH is 1. The summed E-state index contributed by atoms with van der Waals surface area (Å²) >= 11 is 0. The van der Waals surface area contributed by atoms with E-state index in [4.69, 9.17) is 5.11 Å². The van der Waals surface area contributed by atoms with E-state index in [0.29, 0.717) is 18.2 Å². The number of rotatable bonds is 8. The fraction of sp³-hybridized carbons (Fsp3) is 0.625. The van der Waals surface area contributed by atoms with Crippen LogP contribution in [0.1, 0.15) is 37.4 Å². The molecule has 4 heteroatoms. The minimum atomic E-state index is -0.154. The van der Waals surface area contributed by atoms with Gasteiger partial charge in [-0.1, -0.05) is 12.1 Å². The Kier molecular flexibility index (Phi) is 7.13. The van der Waals surface area contributed by atoms with Gasteiger partial charge in [-0.25, -0.2) is 4.39 Å². The van der Waals surface area contributed by atoms with Crippen molar-refractivity contribution in [2.24, 2.45) is 0 Å². The van der Waals surface area contributed by atoms with Crippen LogP contribution in [0.4, 0.5) is 4.39 Å². The molecule has 0 aliphatic heterocycles. The zero-order valence-electron chi connectivity index (χ0n) is 13.0. The molecular weight excluding hydrogens is 255 g/mol. The van der Waals surface area contributed by atoms with E-state index in [2.05, 4.69) is 24.1 Å². The summed E-state index contributed by atoms with van der Waals surface area (Å²) in [5.41, 5.74) is 1.65. The Hall–Kier alpha value is -0.970. The Labute approximate surface area is 121 Å². The molecule has 0 radical (unpaired) electrons. The summed E-state index contributed by atoms with van der Waals surface area (Å²) in [6.45, 7) is 7.73. The second-order valence-electron chi connectivity index (χ2n) is 5.49. The third-order valence-corrected chi connectivity index (χ3v) is 3.77. The van der Waals surface area contributed by atoms with E-state index < -0.39 is 0 Å². The van der Waals surface area contributed by atoms with Gasteiger partial charge in [0, 0.05) is 25.2 Å². The zero-order valence-corrected chi connectivity index (χ0v) is 13.0. The van der Waals surface area contributed by atoms with Crippen LogP contribution in [-0.2, 0) is 0 Å². The van der Waals surface area contributed by atoms with Gasteiger partial charge in [-0.3, -0.25) is 4.90 Å².